The van der Waals surface area contributed by atoms with Crippen LogP contribution < -0.4 is 5.73 Å². The molecule has 2 heterocycles. The number of hydrogen-bond donors (Lipinski definition) is 1. The van der Waals surface area contributed by atoms with Gasteiger partial charge in [0.1, 0.15) is 11.6 Å². The molecule has 0 saturated heterocycles. The van der Waals surface area contributed by atoms with E-state index in [4.69, 9.17) is 5.73 Å². The minimum absolute atomic E-state index is 0.0622. The summed E-state index contributed by atoms with van der Waals surface area (Å²) in [6, 6.07) is 4.09. The second-order valence-electron chi connectivity index (χ2n) is 4.52. The predicted molar refractivity (Wildman–Crippen MR) is 70.9 cm³/mol. The molecule has 2 aromatic heterocycles. The average Bonchev–Trinajstić information content (AvgIpc) is 2.80. The average molecular weight is 259 g/mol. The summed E-state index contributed by atoms with van der Waals surface area (Å²) < 4.78 is 0. The fraction of sp³-hybridized carbons (Fsp3) is 0.308. The minimum atomic E-state index is 0.0622. The molecule has 0 spiro atoms. The summed E-state index contributed by atoms with van der Waals surface area (Å²) in [5.41, 5.74) is 7.16. The third-order valence-corrected chi connectivity index (χ3v) is 4.25. The Morgan fingerprint density at radius 1 is 1.39 bits per heavy atom. The highest BCUT2D eigenvalue weighted by molar-refractivity contribution is 7.10. The van der Waals surface area contributed by atoms with Crippen molar-refractivity contribution in [1.29, 1.82) is 0 Å². The summed E-state index contributed by atoms with van der Waals surface area (Å²) in [6.07, 6.45) is 1.28. The van der Waals surface area contributed by atoms with E-state index in [1.807, 2.05) is 11.4 Å². The van der Waals surface area contributed by atoms with Gasteiger partial charge in [-0.15, -0.1) is 11.3 Å². The van der Waals surface area contributed by atoms with Gasteiger partial charge in [-0.1, -0.05) is 6.07 Å². The Hall–Kier alpha value is -1.75. The maximum Gasteiger partial charge on any atom is 0.169 e. The zero-order valence-electron chi connectivity index (χ0n) is 10.0. The standard InChI is InChI=1S/C13H13N3OS/c1-7-15-9-5-8(11-3-2-4-18-11)6-10(17)12(9)13(14)16-7/h2-4,8H,5-6H2,1H3,(H2,14,15,16)/t8-/m1/s1. The third kappa shape index (κ3) is 1.80. The van der Waals surface area contributed by atoms with E-state index in [0.29, 0.717) is 23.6 Å². The van der Waals surface area contributed by atoms with Crippen molar-refractivity contribution in [2.75, 3.05) is 5.73 Å². The highest BCUT2D eigenvalue weighted by atomic mass is 32.1. The van der Waals surface area contributed by atoms with E-state index in [1.54, 1.807) is 18.3 Å². The Morgan fingerprint density at radius 3 is 2.94 bits per heavy atom. The summed E-state index contributed by atoms with van der Waals surface area (Å²) in [7, 11) is 0. The molecule has 0 saturated carbocycles. The van der Waals surface area contributed by atoms with Gasteiger partial charge in [0.05, 0.1) is 11.3 Å². The summed E-state index contributed by atoms with van der Waals surface area (Å²) >= 11 is 1.69. The van der Waals surface area contributed by atoms with Crippen molar-refractivity contribution in [3.63, 3.8) is 0 Å². The molecule has 5 heteroatoms. The predicted octanol–water partition coefficient (Wildman–Crippen LogP) is 2.34. The number of hydrogen-bond acceptors (Lipinski definition) is 5. The van der Waals surface area contributed by atoms with Crippen molar-refractivity contribution in [1.82, 2.24) is 9.97 Å². The molecule has 18 heavy (non-hydrogen) atoms. The van der Waals surface area contributed by atoms with Gasteiger partial charge in [-0.05, 0) is 24.8 Å². The van der Waals surface area contributed by atoms with E-state index < -0.39 is 0 Å². The molecule has 92 valence electrons. The van der Waals surface area contributed by atoms with Gasteiger partial charge >= 0.3 is 0 Å². The largest absolute Gasteiger partial charge is 0.383 e. The molecule has 2 aromatic rings. The fourth-order valence-electron chi connectivity index (χ4n) is 2.46. The van der Waals surface area contributed by atoms with Crippen molar-refractivity contribution in [3.05, 3.63) is 39.5 Å². The second-order valence-corrected chi connectivity index (χ2v) is 5.50. The number of fused-ring (bicyclic) bond motifs is 1. The zero-order valence-corrected chi connectivity index (χ0v) is 10.8. The van der Waals surface area contributed by atoms with Crippen LogP contribution in [-0.4, -0.2) is 15.8 Å². The van der Waals surface area contributed by atoms with E-state index in [9.17, 15) is 4.79 Å². The van der Waals surface area contributed by atoms with Crippen LogP contribution in [0.25, 0.3) is 0 Å². The van der Waals surface area contributed by atoms with E-state index in [2.05, 4.69) is 16.0 Å². The number of Topliss-reactive ketones (excluding diaryl/α,β-unsaturated/α-hetero) is 1. The van der Waals surface area contributed by atoms with Crippen LogP contribution in [-0.2, 0) is 6.42 Å². The molecule has 0 unspecified atom stereocenters. The van der Waals surface area contributed by atoms with Gasteiger partial charge < -0.3 is 5.73 Å². The quantitative estimate of drug-likeness (QED) is 0.853. The monoisotopic (exact) mass is 259 g/mol. The molecule has 2 N–H and O–H groups in total. The van der Waals surface area contributed by atoms with Crippen LogP contribution in [0.2, 0.25) is 0 Å². The Kier molecular flexibility index (Phi) is 2.63. The molecular weight excluding hydrogens is 246 g/mol. The SMILES string of the molecule is Cc1nc(N)c2c(n1)C[C@@H](c1cccs1)CC2=O. The zero-order chi connectivity index (χ0) is 12.7. The molecule has 1 aliphatic rings. The van der Waals surface area contributed by atoms with Gasteiger partial charge in [0.15, 0.2) is 5.78 Å². The number of anilines is 1. The second kappa shape index (κ2) is 4.17. The lowest BCUT2D eigenvalue weighted by atomic mass is 9.85. The summed E-state index contributed by atoms with van der Waals surface area (Å²) in [6.45, 7) is 1.80. The maximum atomic E-state index is 12.2. The Morgan fingerprint density at radius 2 is 2.22 bits per heavy atom. The van der Waals surface area contributed by atoms with E-state index in [0.717, 1.165) is 12.1 Å². The van der Waals surface area contributed by atoms with Crippen LogP contribution in [0.1, 0.15) is 39.1 Å². The molecular formula is C13H13N3OS. The van der Waals surface area contributed by atoms with Crippen molar-refractivity contribution in [3.8, 4) is 0 Å². The van der Waals surface area contributed by atoms with Crippen LogP contribution in [0.3, 0.4) is 0 Å². The van der Waals surface area contributed by atoms with Crippen LogP contribution >= 0.6 is 11.3 Å². The number of aromatic nitrogens is 2. The number of carbonyl (C=O) groups is 1. The number of rotatable bonds is 1. The number of thiophene rings is 1. The molecule has 0 radical (unpaired) electrons. The van der Waals surface area contributed by atoms with E-state index in [-0.39, 0.29) is 11.7 Å². The normalized spacial score (nSPS) is 18.7. The van der Waals surface area contributed by atoms with Crippen LogP contribution in [0.15, 0.2) is 17.5 Å². The van der Waals surface area contributed by atoms with Gasteiger partial charge in [-0.3, -0.25) is 4.79 Å². The summed E-state index contributed by atoms with van der Waals surface area (Å²) in [5, 5.41) is 2.04. The lowest BCUT2D eigenvalue weighted by Gasteiger charge is -2.22. The smallest absolute Gasteiger partial charge is 0.169 e. The van der Waals surface area contributed by atoms with Crippen LogP contribution in [0.5, 0.6) is 0 Å². The van der Waals surface area contributed by atoms with Crippen molar-refractivity contribution < 1.29 is 4.79 Å². The summed E-state index contributed by atoms with van der Waals surface area (Å²) in [4.78, 5) is 21.9. The molecule has 1 atom stereocenters. The summed E-state index contributed by atoms with van der Waals surface area (Å²) in [5.74, 6) is 1.25. The molecule has 3 rings (SSSR count). The van der Waals surface area contributed by atoms with Crippen molar-refractivity contribution >= 4 is 22.9 Å². The minimum Gasteiger partial charge on any atom is -0.383 e. The topological polar surface area (TPSA) is 68.9 Å². The first-order valence-electron chi connectivity index (χ1n) is 5.84. The first kappa shape index (κ1) is 11.3. The number of nitrogens with two attached hydrogens (primary N) is 1. The Balaban J connectivity index is 2.04. The lowest BCUT2D eigenvalue weighted by Crippen LogP contribution is -2.22. The molecule has 4 nitrogen and oxygen atoms in total. The Labute approximate surface area is 109 Å². The number of ketones is 1. The molecule has 0 aliphatic heterocycles. The molecule has 0 bridgehead atoms. The van der Waals surface area contributed by atoms with Crippen LogP contribution in [0, 0.1) is 6.92 Å². The molecule has 0 aromatic carbocycles. The van der Waals surface area contributed by atoms with Gasteiger partial charge in [-0.2, -0.15) is 0 Å². The number of aryl methyl sites for hydroxylation is 1. The van der Waals surface area contributed by atoms with Gasteiger partial charge in [0, 0.05) is 17.2 Å². The number of carbonyl (C=O) groups excluding carboxylic acids is 1. The number of nitrogen functional groups attached to an aromatic ring is 1. The van der Waals surface area contributed by atoms with Gasteiger partial charge in [0.2, 0.25) is 0 Å². The highest BCUT2D eigenvalue weighted by Gasteiger charge is 2.30. The Bertz CT molecular complexity index is 607. The molecule has 1 aliphatic carbocycles. The van der Waals surface area contributed by atoms with Gasteiger partial charge in [-0.25, -0.2) is 9.97 Å². The van der Waals surface area contributed by atoms with Crippen molar-refractivity contribution in [2.24, 2.45) is 0 Å². The molecule has 0 amide bonds. The lowest BCUT2D eigenvalue weighted by molar-refractivity contribution is 0.0964. The first-order valence-corrected chi connectivity index (χ1v) is 6.72. The van der Waals surface area contributed by atoms with Crippen molar-refractivity contribution in [2.45, 2.75) is 25.7 Å². The van der Waals surface area contributed by atoms with E-state index >= 15 is 0 Å². The number of nitrogens with zero attached hydrogens (tertiary/aromatic N) is 2. The van der Waals surface area contributed by atoms with Crippen LogP contribution in [0.4, 0.5) is 5.82 Å². The highest BCUT2D eigenvalue weighted by Crippen LogP contribution is 2.35. The fourth-order valence-corrected chi connectivity index (χ4v) is 3.29. The maximum absolute atomic E-state index is 12.2. The van der Waals surface area contributed by atoms with Gasteiger partial charge in [0.25, 0.3) is 0 Å². The first-order chi connectivity index (χ1) is 8.65. The molecule has 0 fully saturated rings. The van der Waals surface area contributed by atoms with E-state index in [1.165, 1.54) is 4.88 Å². The third-order valence-electron chi connectivity index (χ3n) is 3.22.